The Labute approximate surface area is 142 Å². The standard InChI is InChI=1S/C18H16BrN3O/c1-12-10-14(19)8-9-17(12)20-11-16-13(2)21-22(18(16)23)15-6-4-3-5-7-15/h3-11,21H,1-2H3. The van der Waals surface area contributed by atoms with Crippen LogP contribution < -0.4 is 5.56 Å². The van der Waals surface area contributed by atoms with Gasteiger partial charge in [0.25, 0.3) is 5.56 Å². The zero-order valence-corrected chi connectivity index (χ0v) is 14.5. The topological polar surface area (TPSA) is 50.1 Å². The van der Waals surface area contributed by atoms with E-state index < -0.39 is 0 Å². The van der Waals surface area contributed by atoms with Crippen LogP contribution in [0.2, 0.25) is 0 Å². The predicted molar refractivity (Wildman–Crippen MR) is 97.3 cm³/mol. The first-order chi connectivity index (χ1) is 11.1. The van der Waals surface area contributed by atoms with Gasteiger partial charge < -0.3 is 0 Å². The third kappa shape index (κ3) is 3.19. The van der Waals surface area contributed by atoms with Gasteiger partial charge in [-0.1, -0.05) is 34.1 Å². The summed E-state index contributed by atoms with van der Waals surface area (Å²) >= 11 is 3.43. The summed E-state index contributed by atoms with van der Waals surface area (Å²) in [6.45, 7) is 3.86. The van der Waals surface area contributed by atoms with E-state index in [1.54, 1.807) is 6.21 Å². The molecule has 4 nitrogen and oxygen atoms in total. The van der Waals surface area contributed by atoms with E-state index in [0.29, 0.717) is 5.56 Å². The molecule has 3 rings (SSSR count). The molecule has 116 valence electrons. The van der Waals surface area contributed by atoms with Crippen LogP contribution in [0.4, 0.5) is 5.69 Å². The highest BCUT2D eigenvalue weighted by molar-refractivity contribution is 9.10. The summed E-state index contributed by atoms with van der Waals surface area (Å²) in [5.41, 5.74) is 3.95. The molecule has 0 saturated heterocycles. The van der Waals surface area contributed by atoms with Gasteiger partial charge in [0.1, 0.15) is 0 Å². The van der Waals surface area contributed by atoms with Crippen LogP contribution in [0.15, 0.2) is 62.8 Å². The lowest BCUT2D eigenvalue weighted by molar-refractivity contribution is 0.835. The maximum absolute atomic E-state index is 12.6. The van der Waals surface area contributed by atoms with E-state index in [4.69, 9.17) is 0 Å². The normalized spacial score (nSPS) is 11.3. The van der Waals surface area contributed by atoms with Crippen molar-refractivity contribution >= 4 is 27.8 Å². The number of aromatic nitrogens is 2. The van der Waals surface area contributed by atoms with Crippen LogP contribution in [0.3, 0.4) is 0 Å². The lowest BCUT2D eigenvalue weighted by Crippen LogP contribution is -2.17. The average Bonchev–Trinajstić information content (AvgIpc) is 2.82. The van der Waals surface area contributed by atoms with Gasteiger partial charge in [0.2, 0.25) is 0 Å². The molecule has 0 bridgehead atoms. The Morgan fingerprint density at radius 3 is 2.57 bits per heavy atom. The summed E-state index contributed by atoms with van der Waals surface area (Å²) in [5.74, 6) is 0. The van der Waals surface area contributed by atoms with Crippen molar-refractivity contribution in [1.29, 1.82) is 0 Å². The summed E-state index contributed by atoms with van der Waals surface area (Å²) in [4.78, 5) is 17.1. The van der Waals surface area contributed by atoms with E-state index in [1.807, 2.05) is 62.4 Å². The number of aryl methyl sites for hydroxylation is 2. The molecule has 5 heteroatoms. The van der Waals surface area contributed by atoms with E-state index in [-0.39, 0.29) is 5.56 Å². The number of para-hydroxylation sites is 1. The Hall–Kier alpha value is -2.40. The molecule has 1 heterocycles. The first-order valence-corrected chi connectivity index (χ1v) is 8.03. The van der Waals surface area contributed by atoms with Crippen molar-refractivity contribution in [3.63, 3.8) is 0 Å². The van der Waals surface area contributed by atoms with Gasteiger partial charge in [-0.3, -0.25) is 14.9 Å². The molecular weight excluding hydrogens is 354 g/mol. The van der Waals surface area contributed by atoms with Crippen molar-refractivity contribution in [1.82, 2.24) is 9.78 Å². The van der Waals surface area contributed by atoms with E-state index in [1.165, 1.54) is 4.68 Å². The quantitative estimate of drug-likeness (QED) is 0.687. The molecule has 0 aliphatic rings. The molecule has 0 saturated carbocycles. The molecule has 3 aromatic rings. The lowest BCUT2D eigenvalue weighted by atomic mass is 10.2. The Bertz CT molecular complexity index is 923. The van der Waals surface area contributed by atoms with Crippen LogP contribution in [-0.4, -0.2) is 16.0 Å². The molecule has 1 N–H and O–H groups in total. The van der Waals surface area contributed by atoms with Gasteiger partial charge in [-0.25, -0.2) is 4.68 Å². The van der Waals surface area contributed by atoms with Gasteiger partial charge >= 0.3 is 0 Å². The Balaban J connectivity index is 2.00. The van der Waals surface area contributed by atoms with Crippen molar-refractivity contribution in [2.75, 3.05) is 0 Å². The SMILES string of the molecule is Cc1cc(Br)ccc1N=Cc1c(C)[nH]n(-c2ccccc2)c1=O. The fourth-order valence-corrected chi connectivity index (χ4v) is 2.84. The Morgan fingerprint density at radius 1 is 1.13 bits per heavy atom. The minimum Gasteiger partial charge on any atom is -0.295 e. The minimum atomic E-state index is -0.104. The van der Waals surface area contributed by atoms with Crippen molar-refractivity contribution in [3.05, 3.63) is 80.2 Å². The Kier molecular flexibility index (Phi) is 4.30. The number of nitrogens with one attached hydrogen (secondary N) is 1. The third-order valence-corrected chi connectivity index (χ3v) is 4.12. The number of rotatable bonds is 3. The van der Waals surface area contributed by atoms with Gasteiger partial charge in [0, 0.05) is 16.4 Å². The Morgan fingerprint density at radius 2 is 1.87 bits per heavy atom. The largest absolute Gasteiger partial charge is 0.295 e. The zero-order valence-electron chi connectivity index (χ0n) is 12.9. The first-order valence-electron chi connectivity index (χ1n) is 7.23. The summed E-state index contributed by atoms with van der Waals surface area (Å²) in [7, 11) is 0. The molecule has 0 spiro atoms. The second-order valence-corrected chi connectivity index (χ2v) is 6.23. The highest BCUT2D eigenvalue weighted by Gasteiger charge is 2.10. The number of halogens is 1. The zero-order chi connectivity index (χ0) is 16.4. The maximum atomic E-state index is 12.6. The van der Waals surface area contributed by atoms with E-state index >= 15 is 0 Å². The molecule has 0 aliphatic heterocycles. The molecule has 0 fully saturated rings. The van der Waals surface area contributed by atoms with Gasteiger partial charge in [-0.05, 0) is 49.7 Å². The molecule has 0 radical (unpaired) electrons. The van der Waals surface area contributed by atoms with Crippen molar-refractivity contribution in [2.24, 2.45) is 4.99 Å². The smallest absolute Gasteiger partial charge is 0.280 e. The number of nitrogens with zero attached hydrogens (tertiary/aromatic N) is 2. The third-order valence-electron chi connectivity index (χ3n) is 3.62. The summed E-state index contributed by atoms with van der Waals surface area (Å²) < 4.78 is 2.55. The number of H-pyrrole nitrogens is 1. The summed E-state index contributed by atoms with van der Waals surface area (Å²) in [6.07, 6.45) is 1.63. The summed E-state index contributed by atoms with van der Waals surface area (Å²) in [6, 6.07) is 15.4. The van der Waals surface area contributed by atoms with Crippen LogP contribution in [-0.2, 0) is 0 Å². The molecule has 0 amide bonds. The molecule has 23 heavy (non-hydrogen) atoms. The van der Waals surface area contributed by atoms with Crippen LogP contribution in [0.5, 0.6) is 0 Å². The van der Waals surface area contributed by atoms with Gasteiger partial charge in [-0.15, -0.1) is 0 Å². The van der Waals surface area contributed by atoms with Crippen molar-refractivity contribution in [2.45, 2.75) is 13.8 Å². The monoisotopic (exact) mass is 369 g/mol. The highest BCUT2D eigenvalue weighted by atomic mass is 79.9. The van der Waals surface area contributed by atoms with Crippen LogP contribution in [0.1, 0.15) is 16.8 Å². The minimum absolute atomic E-state index is 0.104. The molecule has 0 atom stereocenters. The van der Waals surface area contributed by atoms with Crippen LogP contribution in [0, 0.1) is 13.8 Å². The van der Waals surface area contributed by atoms with E-state index in [9.17, 15) is 4.79 Å². The van der Waals surface area contributed by atoms with Crippen molar-refractivity contribution < 1.29 is 0 Å². The predicted octanol–water partition coefficient (Wildman–Crippen LogP) is 4.30. The molecular formula is C18H16BrN3O. The highest BCUT2D eigenvalue weighted by Crippen LogP contribution is 2.22. The second-order valence-electron chi connectivity index (χ2n) is 5.32. The number of hydrogen-bond acceptors (Lipinski definition) is 2. The lowest BCUT2D eigenvalue weighted by Gasteiger charge is -2.00. The number of benzene rings is 2. The van der Waals surface area contributed by atoms with Gasteiger partial charge in [-0.2, -0.15) is 0 Å². The molecule has 1 aromatic heterocycles. The maximum Gasteiger partial charge on any atom is 0.280 e. The molecule has 0 aliphatic carbocycles. The van der Waals surface area contributed by atoms with Gasteiger partial charge in [0.15, 0.2) is 0 Å². The average molecular weight is 370 g/mol. The fraction of sp³-hybridized carbons (Fsp3) is 0.111. The number of hydrogen-bond donors (Lipinski definition) is 1. The van der Waals surface area contributed by atoms with Crippen LogP contribution in [0.25, 0.3) is 5.69 Å². The molecule has 2 aromatic carbocycles. The molecule has 0 unspecified atom stereocenters. The van der Waals surface area contributed by atoms with Gasteiger partial charge in [0.05, 0.1) is 16.9 Å². The first kappa shape index (κ1) is 15.5. The summed E-state index contributed by atoms with van der Waals surface area (Å²) in [5, 5.41) is 3.09. The van der Waals surface area contributed by atoms with Crippen LogP contribution >= 0.6 is 15.9 Å². The van der Waals surface area contributed by atoms with Crippen molar-refractivity contribution in [3.8, 4) is 5.69 Å². The number of aliphatic imine (C=N–C) groups is 1. The van der Waals surface area contributed by atoms with E-state index in [0.717, 1.165) is 27.1 Å². The fourth-order valence-electron chi connectivity index (χ4n) is 2.37. The van der Waals surface area contributed by atoms with E-state index in [2.05, 4.69) is 26.0 Å². The second kappa shape index (κ2) is 6.38. The number of aromatic amines is 1.